The Morgan fingerprint density at radius 3 is 2.93 bits per heavy atom. The summed E-state index contributed by atoms with van der Waals surface area (Å²) in [5.41, 5.74) is 0. The lowest BCUT2D eigenvalue weighted by Crippen LogP contribution is -2.15. The Morgan fingerprint density at radius 1 is 1.47 bits per heavy atom. The number of nitrogens with zero attached hydrogens (tertiary/aromatic N) is 1. The topological polar surface area (TPSA) is 16.4 Å². The highest BCUT2D eigenvalue weighted by Gasteiger charge is 2.05. The summed E-state index contributed by atoms with van der Waals surface area (Å²) in [5.74, 6) is 1.01. The van der Waals surface area contributed by atoms with Gasteiger partial charge in [0.1, 0.15) is 5.76 Å². The molecule has 0 aliphatic heterocycles. The van der Waals surface area contributed by atoms with Crippen LogP contribution in [-0.4, -0.2) is 11.9 Å². The second kappa shape index (κ2) is 4.96. The van der Waals surface area contributed by atoms with Crippen molar-refractivity contribution in [3.63, 3.8) is 0 Å². The van der Waals surface area contributed by atoms with E-state index in [9.17, 15) is 0 Å². The van der Waals surface area contributed by atoms with E-state index in [1.807, 2.05) is 12.1 Å². The Morgan fingerprint density at radius 2 is 2.33 bits per heavy atom. The summed E-state index contributed by atoms with van der Waals surface area (Å²) in [6, 6.07) is 6.08. The predicted molar refractivity (Wildman–Crippen MR) is 65.9 cm³/mol. The van der Waals surface area contributed by atoms with Gasteiger partial charge in [0.25, 0.3) is 0 Å². The van der Waals surface area contributed by atoms with Gasteiger partial charge in [-0.25, -0.2) is 0 Å². The van der Waals surface area contributed by atoms with Crippen LogP contribution >= 0.6 is 27.3 Å². The summed E-state index contributed by atoms with van der Waals surface area (Å²) < 4.78 is 6.46. The van der Waals surface area contributed by atoms with Gasteiger partial charge in [-0.15, -0.1) is 11.3 Å². The van der Waals surface area contributed by atoms with E-state index in [1.54, 1.807) is 17.6 Å². The molecule has 2 aromatic heterocycles. The molecule has 2 heterocycles. The standard InChI is InChI=1S/C11H12BrNOS/c1-13(6-10-3-2-4-14-10)7-11-5-9(12)8-15-11/h2-5,8H,6-7H2,1H3. The molecular weight excluding hydrogens is 274 g/mol. The first-order valence-electron chi connectivity index (χ1n) is 4.68. The van der Waals surface area contributed by atoms with Gasteiger partial charge in [-0.05, 0) is 41.2 Å². The van der Waals surface area contributed by atoms with Gasteiger partial charge in [-0.2, -0.15) is 0 Å². The molecule has 0 unspecified atom stereocenters. The van der Waals surface area contributed by atoms with E-state index in [-0.39, 0.29) is 0 Å². The highest BCUT2D eigenvalue weighted by molar-refractivity contribution is 9.10. The van der Waals surface area contributed by atoms with Crippen LogP contribution in [0.3, 0.4) is 0 Å². The van der Waals surface area contributed by atoms with Crippen molar-refractivity contribution < 1.29 is 4.42 Å². The van der Waals surface area contributed by atoms with Crippen molar-refractivity contribution in [1.82, 2.24) is 4.90 Å². The first-order valence-corrected chi connectivity index (χ1v) is 6.35. The molecular formula is C11H12BrNOS. The van der Waals surface area contributed by atoms with Gasteiger partial charge >= 0.3 is 0 Å². The molecule has 0 N–H and O–H groups in total. The minimum atomic E-state index is 0.850. The van der Waals surface area contributed by atoms with Gasteiger partial charge in [-0.1, -0.05) is 0 Å². The maximum Gasteiger partial charge on any atom is 0.117 e. The number of rotatable bonds is 4. The van der Waals surface area contributed by atoms with Crippen LogP contribution in [0.25, 0.3) is 0 Å². The van der Waals surface area contributed by atoms with Crippen LogP contribution < -0.4 is 0 Å². The van der Waals surface area contributed by atoms with Gasteiger partial charge in [-0.3, -0.25) is 4.90 Å². The molecule has 0 saturated heterocycles. The molecule has 0 saturated carbocycles. The zero-order chi connectivity index (χ0) is 10.7. The fraction of sp³-hybridized carbons (Fsp3) is 0.273. The normalized spacial score (nSPS) is 11.1. The van der Waals surface area contributed by atoms with Crippen molar-refractivity contribution in [2.24, 2.45) is 0 Å². The molecule has 2 rings (SSSR count). The lowest BCUT2D eigenvalue weighted by molar-refractivity contribution is 0.290. The van der Waals surface area contributed by atoms with Gasteiger partial charge in [0.2, 0.25) is 0 Å². The van der Waals surface area contributed by atoms with Crippen LogP contribution in [0.1, 0.15) is 10.6 Å². The number of hydrogen-bond acceptors (Lipinski definition) is 3. The summed E-state index contributed by atoms with van der Waals surface area (Å²) in [7, 11) is 2.09. The Bertz CT molecular complexity index is 410. The summed E-state index contributed by atoms with van der Waals surface area (Å²) >= 11 is 5.23. The zero-order valence-electron chi connectivity index (χ0n) is 8.44. The SMILES string of the molecule is CN(Cc1ccco1)Cc1cc(Br)cs1. The van der Waals surface area contributed by atoms with E-state index < -0.39 is 0 Å². The van der Waals surface area contributed by atoms with Crippen molar-refractivity contribution in [3.8, 4) is 0 Å². The predicted octanol–water partition coefficient (Wildman–Crippen LogP) is 3.74. The van der Waals surface area contributed by atoms with Crippen LogP contribution in [0.5, 0.6) is 0 Å². The van der Waals surface area contributed by atoms with Gasteiger partial charge in [0.15, 0.2) is 0 Å². The van der Waals surface area contributed by atoms with Crippen molar-refractivity contribution in [3.05, 3.63) is 45.0 Å². The average molecular weight is 286 g/mol. The van der Waals surface area contributed by atoms with Gasteiger partial charge < -0.3 is 4.42 Å². The first-order chi connectivity index (χ1) is 7.24. The average Bonchev–Trinajstić information content (AvgIpc) is 2.77. The molecule has 0 spiro atoms. The second-order valence-electron chi connectivity index (χ2n) is 3.48. The monoisotopic (exact) mass is 285 g/mol. The van der Waals surface area contributed by atoms with Crippen LogP contribution in [-0.2, 0) is 13.1 Å². The molecule has 0 aliphatic rings. The Balaban J connectivity index is 1.90. The van der Waals surface area contributed by atoms with E-state index in [0.717, 1.165) is 23.3 Å². The fourth-order valence-corrected chi connectivity index (χ4v) is 2.96. The van der Waals surface area contributed by atoms with Gasteiger partial charge in [0, 0.05) is 21.3 Å². The maximum absolute atomic E-state index is 5.30. The fourth-order valence-electron chi connectivity index (χ4n) is 1.43. The molecule has 0 fully saturated rings. The third-order valence-corrected chi connectivity index (χ3v) is 3.74. The highest BCUT2D eigenvalue weighted by Crippen LogP contribution is 2.21. The number of furan rings is 1. The highest BCUT2D eigenvalue weighted by atomic mass is 79.9. The zero-order valence-corrected chi connectivity index (χ0v) is 10.8. The summed E-state index contributed by atoms with van der Waals surface area (Å²) in [4.78, 5) is 3.59. The summed E-state index contributed by atoms with van der Waals surface area (Å²) in [6.07, 6.45) is 1.71. The van der Waals surface area contributed by atoms with Gasteiger partial charge in [0.05, 0.1) is 12.8 Å². The Kier molecular flexibility index (Phi) is 3.61. The Hall–Kier alpha value is -0.580. The van der Waals surface area contributed by atoms with Crippen LogP contribution in [0, 0.1) is 0 Å². The molecule has 4 heteroatoms. The van der Waals surface area contributed by atoms with Crippen LogP contribution in [0.2, 0.25) is 0 Å². The van der Waals surface area contributed by atoms with Crippen molar-refractivity contribution >= 4 is 27.3 Å². The largest absolute Gasteiger partial charge is 0.468 e. The minimum Gasteiger partial charge on any atom is -0.468 e. The molecule has 0 amide bonds. The lowest BCUT2D eigenvalue weighted by Gasteiger charge is -2.13. The third kappa shape index (κ3) is 3.19. The Labute approximate surface area is 102 Å². The van der Waals surface area contributed by atoms with E-state index in [1.165, 1.54) is 4.88 Å². The first kappa shape index (κ1) is 10.9. The molecule has 15 heavy (non-hydrogen) atoms. The lowest BCUT2D eigenvalue weighted by atomic mass is 10.4. The molecule has 0 radical (unpaired) electrons. The van der Waals surface area contributed by atoms with Crippen molar-refractivity contribution in [2.75, 3.05) is 7.05 Å². The molecule has 80 valence electrons. The van der Waals surface area contributed by atoms with Crippen LogP contribution in [0.15, 0.2) is 38.7 Å². The molecule has 0 atom stereocenters. The smallest absolute Gasteiger partial charge is 0.117 e. The second-order valence-corrected chi connectivity index (χ2v) is 5.39. The molecule has 2 nitrogen and oxygen atoms in total. The molecule has 0 aliphatic carbocycles. The number of thiophene rings is 1. The van der Waals surface area contributed by atoms with E-state index in [0.29, 0.717) is 0 Å². The summed E-state index contributed by atoms with van der Waals surface area (Å²) in [5, 5.41) is 2.11. The minimum absolute atomic E-state index is 0.850. The number of halogens is 1. The van der Waals surface area contributed by atoms with E-state index in [4.69, 9.17) is 4.42 Å². The molecule has 0 bridgehead atoms. The molecule has 0 aromatic carbocycles. The van der Waals surface area contributed by atoms with E-state index >= 15 is 0 Å². The molecule has 2 aromatic rings. The van der Waals surface area contributed by atoms with E-state index in [2.05, 4.69) is 39.3 Å². The quantitative estimate of drug-likeness (QED) is 0.851. The van der Waals surface area contributed by atoms with Crippen LogP contribution in [0.4, 0.5) is 0 Å². The summed E-state index contributed by atoms with van der Waals surface area (Å²) in [6.45, 7) is 1.81. The van der Waals surface area contributed by atoms with Crippen molar-refractivity contribution in [1.29, 1.82) is 0 Å². The number of hydrogen-bond donors (Lipinski definition) is 0. The maximum atomic E-state index is 5.30. The van der Waals surface area contributed by atoms with Crippen molar-refractivity contribution in [2.45, 2.75) is 13.1 Å². The third-order valence-electron chi connectivity index (χ3n) is 2.05.